The number of alkyl halides is 1. The Labute approximate surface area is 137 Å². The van der Waals surface area contributed by atoms with Crippen LogP contribution in [0.1, 0.15) is 5.82 Å². The Balaban J connectivity index is 2.42. The Morgan fingerprint density at radius 2 is 1.95 bits per heavy atom. The number of fused-ring (bicyclic) bond motifs is 1. The standard InChI is InChI=1S/C14H7BrCl2F2N2/c15-8-5-7(17)1-4-11(8)21-12(6-16)20-10-3-2-9(18)13(19)14(10)21/h1-5H,6H2. The molecule has 0 aliphatic heterocycles. The van der Waals surface area contributed by atoms with E-state index in [9.17, 15) is 8.78 Å². The topological polar surface area (TPSA) is 17.8 Å². The highest BCUT2D eigenvalue weighted by Crippen LogP contribution is 2.31. The smallest absolute Gasteiger partial charge is 0.185 e. The third-order valence-corrected chi connectivity index (χ3v) is 4.16. The van der Waals surface area contributed by atoms with Gasteiger partial charge in [-0.3, -0.25) is 4.57 Å². The Bertz CT molecular complexity index is 849. The normalized spacial score (nSPS) is 11.3. The van der Waals surface area contributed by atoms with E-state index in [1.54, 1.807) is 18.2 Å². The maximum Gasteiger partial charge on any atom is 0.185 e. The minimum absolute atomic E-state index is 0.0497. The molecule has 0 spiro atoms. The fourth-order valence-corrected chi connectivity index (χ4v) is 3.20. The first kappa shape index (κ1) is 14.8. The van der Waals surface area contributed by atoms with Gasteiger partial charge in [0.1, 0.15) is 11.3 Å². The number of hydrogen-bond donors (Lipinski definition) is 0. The summed E-state index contributed by atoms with van der Waals surface area (Å²) in [5, 5.41) is 0.522. The van der Waals surface area contributed by atoms with Gasteiger partial charge in [-0.2, -0.15) is 0 Å². The summed E-state index contributed by atoms with van der Waals surface area (Å²) in [4.78, 5) is 4.24. The summed E-state index contributed by atoms with van der Waals surface area (Å²) in [6.07, 6.45) is 0. The summed E-state index contributed by atoms with van der Waals surface area (Å²) in [7, 11) is 0. The van der Waals surface area contributed by atoms with Gasteiger partial charge in [-0.15, -0.1) is 11.6 Å². The molecule has 2 aromatic carbocycles. The Morgan fingerprint density at radius 3 is 2.62 bits per heavy atom. The van der Waals surface area contributed by atoms with E-state index in [2.05, 4.69) is 20.9 Å². The van der Waals surface area contributed by atoms with Crippen molar-refractivity contribution < 1.29 is 8.78 Å². The first-order chi connectivity index (χ1) is 10.0. The zero-order valence-corrected chi connectivity index (χ0v) is 13.5. The zero-order chi connectivity index (χ0) is 15.1. The van der Waals surface area contributed by atoms with Gasteiger partial charge in [0.25, 0.3) is 0 Å². The molecule has 7 heteroatoms. The van der Waals surface area contributed by atoms with Crippen molar-refractivity contribution in [1.29, 1.82) is 0 Å². The fourth-order valence-electron chi connectivity index (χ4n) is 2.16. The van der Waals surface area contributed by atoms with Gasteiger partial charge in [-0.05, 0) is 46.3 Å². The molecule has 3 aromatic rings. The molecule has 0 bridgehead atoms. The van der Waals surface area contributed by atoms with E-state index in [1.807, 2.05) is 0 Å². The van der Waals surface area contributed by atoms with E-state index in [0.717, 1.165) is 6.07 Å². The van der Waals surface area contributed by atoms with Crippen LogP contribution in [0.5, 0.6) is 0 Å². The lowest BCUT2D eigenvalue weighted by molar-refractivity contribution is 0.514. The molecule has 0 aliphatic rings. The van der Waals surface area contributed by atoms with Crippen LogP contribution in [-0.2, 0) is 5.88 Å². The highest BCUT2D eigenvalue weighted by Gasteiger charge is 2.19. The van der Waals surface area contributed by atoms with Gasteiger partial charge in [-0.25, -0.2) is 13.8 Å². The quantitative estimate of drug-likeness (QED) is 0.530. The summed E-state index contributed by atoms with van der Waals surface area (Å²) in [5.74, 6) is -1.42. The third kappa shape index (κ3) is 2.43. The second-order valence-corrected chi connectivity index (χ2v) is 5.88. The van der Waals surface area contributed by atoms with Crippen LogP contribution in [0.4, 0.5) is 8.78 Å². The van der Waals surface area contributed by atoms with Crippen molar-refractivity contribution in [3.05, 3.63) is 57.3 Å². The molecule has 0 radical (unpaired) electrons. The number of halogens is 5. The number of imidazole rings is 1. The lowest BCUT2D eigenvalue weighted by Crippen LogP contribution is -2.02. The molecule has 3 rings (SSSR count). The predicted molar refractivity (Wildman–Crippen MR) is 83.3 cm³/mol. The number of hydrogen-bond acceptors (Lipinski definition) is 1. The van der Waals surface area contributed by atoms with Crippen molar-refractivity contribution in [3.8, 4) is 5.69 Å². The van der Waals surface area contributed by atoms with Crippen molar-refractivity contribution in [1.82, 2.24) is 9.55 Å². The van der Waals surface area contributed by atoms with Crippen LogP contribution >= 0.6 is 39.1 Å². The molecule has 108 valence electrons. The lowest BCUT2D eigenvalue weighted by atomic mass is 10.2. The van der Waals surface area contributed by atoms with Crippen LogP contribution in [0.15, 0.2) is 34.8 Å². The average Bonchev–Trinajstić information content (AvgIpc) is 2.82. The average molecular weight is 392 g/mol. The van der Waals surface area contributed by atoms with Crippen molar-refractivity contribution in [2.24, 2.45) is 0 Å². The molecule has 0 unspecified atom stereocenters. The van der Waals surface area contributed by atoms with Gasteiger partial charge >= 0.3 is 0 Å². The Kier molecular flexibility index (Phi) is 3.90. The SMILES string of the molecule is Fc1ccc2nc(CCl)n(-c3ccc(Cl)cc3Br)c2c1F. The molecule has 1 heterocycles. The molecule has 0 saturated heterocycles. The summed E-state index contributed by atoms with van der Waals surface area (Å²) >= 11 is 15.2. The molecule has 2 nitrogen and oxygen atoms in total. The van der Waals surface area contributed by atoms with Gasteiger partial charge in [0, 0.05) is 9.50 Å². The number of aromatic nitrogens is 2. The van der Waals surface area contributed by atoms with Crippen LogP contribution < -0.4 is 0 Å². The summed E-state index contributed by atoms with van der Waals surface area (Å²) < 4.78 is 29.8. The van der Waals surface area contributed by atoms with Crippen molar-refractivity contribution in [2.45, 2.75) is 5.88 Å². The molecule has 0 aliphatic carbocycles. The minimum Gasteiger partial charge on any atom is -0.291 e. The summed E-state index contributed by atoms with van der Waals surface area (Å²) in [5.41, 5.74) is 0.974. The van der Waals surface area contributed by atoms with E-state index < -0.39 is 11.6 Å². The van der Waals surface area contributed by atoms with Gasteiger partial charge < -0.3 is 0 Å². The predicted octanol–water partition coefficient (Wildman–Crippen LogP) is 5.46. The highest BCUT2D eigenvalue weighted by atomic mass is 79.9. The maximum absolute atomic E-state index is 14.2. The van der Waals surface area contributed by atoms with Crippen molar-refractivity contribution in [2.75, 3.05) is 0 Å². The largest absolute Gasteiger partial charge is 0.291 e. The van der Waals surface area contributed by atoms with E-state index in [4.69, 9.17) is 23.2 Å². The van der Waals surface area contributed by atoms with Gasteiger partial charge in [0.2, 0.25) is 0 Å². The van der Waals surface area contributed by atoms with Crippen molar-refractivity contribution >= 4 is 50.2 Å². The molecule has 0 N–H and O–H groups in total. The molecular formula is C14H7BrCl2F2N2. The van der Waals surface area contributed by atoms with E-state index in [-0.39, 0.29) is 11.4 Å². The summed E-state index contributed by atoms with van der Waals surface area (Å²) in [6.45, 7) is 0. The molecule has 21 heavy (non-hydrogen) atoms. The van der Waals surface area contributed by atoms with Crippen molar-refractivity contribution in [3.63, 3.8) is 0 Å². The maximum atomic E-state index is 14.2. The van der Waals surface area contributed by atoms with Crippen LogP contribution in [-0.4, -0.2) is 9.55 Å². The molecular weight excluding hydrogens is 385 g/mol. The molecule has 0 fully saturated rings. The van der Waals surface area contributed by atoms with E-state index in [0.29, 0.717) is 26.5 Å². The third-order valence-electron chi connectivity index (χ3n) is 3.05. The fraction of sp³-hybridized carbons (Fsp3) is 0.0714. The minimum atomic E-state index is -0.960. The van der Waals surface area contributed by atoms with Gasteiger partial charge in [0.05, 0.1) is 17.1 Å². The molecule has 0 amide bonds. The Hall–Kier alpha value is -1.17. The van der Waals surface area contributed by atoms with E-state index >= 15 is 0 Å². The monoisotopic (exact) mass is 390 g/mol. The molecule has 0 saturated carbocycles. The lowest BCUT2D eigenvalue weighted by Gasteiger charge is -2.11. The van der Waals surface area contributed by atoms with Gasteiger partial charge in [0.15, 0.2) is 11.6 Å². The van der Waals surface area contributed by atoms with Gasteiger partial charge in [-0.1, -0.05) is 11.6 Å². The molecule has 1 aromatic heterocycles. The Morgan fingerprint density at radius 1 is 1.19 bits per heavy atom. The zero-order valence-electron chi connectivity index (χ0n) is 10.4. The number of benzene rings is 2. The first-order valence-corrected chi connectivity index (χ1v) is 7.60. The van der Waals surface area contributed by atoms with Crippen LogP contribution in [0.3, 0.4) is 0 Å². The van der Waals surface area contributed by atoms with E-state index in [1.165, 1.54) is 10.6 Å². The first-order valence-electron chi connectivity index (χ1n) is 5.89. The second kappa shape index (κ2) is 5.55. The number of nitrogens with zero attached hydrogens (tertiary/aromatic N) is 2. The van der Waals surface area contributed by atoms with Crippen LogP contribution in [0.2, 0.25) is 5.02 Å². The highest BCUT2D eigenvalue weighted by molar-refractivity contribution is 9.10. The summed E-state index contributed by atoms with van der Waals surface area (Å²) in [6, 6.07) is 7.47. The van der Waals surface area contributed by atoms with Crippen LogP contribution in [0.25, 0.3) is 16.7 Å². The number of rotatable bonds is 2. The molecule has 0 atom stereocenters. The second-order valence-electron chi connectivity index (χ2n) is 4.32. The van der Waals surface area contributed by atoms with Crippen LogP contribution in [0, 0.1) is 11.6 Å².